The van der Waals surface area contributed by atoms with Crippen LogP contribution in [-0.2, 0) is 16.6 Å². The fraction of sp³-hybridized carbons (Fsp3) is 0.235. The number of hydrogen-bond acceptors (Lipinski definition) is 3. The first-order valence-electron chi connectivity index (χ1n) is 7.43. The molecule has 24 heavy (non-hydrogen) atoms. The largest absolute Gasteiger partial charge is 0.348 e. The maximum Gasteiger partial charge on any atom is 0.251 e. The third-order valence-corrected chi connectivity index (χ3v) is 5.26. The molecule has 128 valence electrons. The van der Waals surface area contributed by atoms with Gasteiger partial charge in [0, 0.05) is 23.2 Å². The van der Waals surface area contributed by atoms with Crippen molar-refractivity contribution in [1.29, 1.82) is 0 Å². The lowest BCUT2D eigenvalue weighted by Gasteiger charge is -2.10. The fourth-order valence-electron chi connectivity index (χ4n) is 2.08. The lowest BCUT2D eigenvalue weighted by atomic mass is 10.2. The van der Waals surface area contributed by atoms with Crippen molar-refractivity contribution in [3.05, 3.63) is 64.7 Å². The molecule has 1 amide bonds. The van der Waals surface area contributed by atoms with E-state index >= 15 is 0 Å². The van der Waals surface area contributed by atoms with E-state index in [1.54, 1.807) is 19.9 Å². The molecule has 0 heterocycles. The van der Waals surface area contributed by atoms with Crippen LogP contribution in [0.4, 0.5) is 0 Å². The smallest absolute Gasteiger partial charge is 0.251 e. The van der Waals surface area contributed by atoms with Crippen LogP contribution in [0, 0.1) is 0 Å². The minimum absolute atomic E-state index is 0.124. The summed E-state index contributed by atoms with van der Waals surface area (Å²) in [6.45, 7) is 3.79. The van der Waals surface area contributed by atoms with Crippen molar-refractivity contribution in [2.24, 2.45) is 0 Å². The van der Waals surface area contributed by atoms with Gasteiger partial charge in [0.15, 0.2) is 0 Å². The SMILES string of the molecule is CC(C)NS(=O)(=O)c1ccc(C(=O)NCc2ccccc2Cl)cc1. The molecule has 2 N–H and O–H groups in total. The first-order chi connectivity index (χ1) is 11.3. The van der Waals surface area contributed by atoms with Gasteiger partial charge < -0.3 is 5.32 Å². The van der Waals surface area contributed by atoms with E-state index in [9.17, 15) is 13.2 Å². The number of halogens is 1. The van der Waals surface area contributed by atoms with Crippen LogP contribution in [-0.4, -0.2) is 20.4 Å². The van der Waals surface area contributed by atoms with Crippen molar-refractivity contribution >= 4 is 27.5 Å². The number of hydrogen-bond donors (Lipinski definition) is 2. The van der Waals surface area contributed by atoms with E-state index in [2.05, 4.69) is 10.0 Å². The predicted octanol–water partition coefficient (Wildman–Crippen LogP) is 2.96. The molecule has 5 nitrogen and oxygen atoms in total. The Morgan fingerprint density at radius 1 is 1.08 bits per heavy atom. The number of amides is 1. The summed E-state index contributed by atoms with van der Waals surface area (Å²) in [7, 11) is -3.56. The van der Waals surface area contributed by atoms with Crippen LogP contribution in [0.5, 0.6) is 0 Å². The molecule has 0 fully saturated rings. The van der Waals surface area contributed by atoms with Gasteiger partial charge >= 0.3 is 0 Å². The zero-order chi connectivity index (χ0) is 17.7. The summed E-state index contributed by atoms with van der Waals surface area (Å²) in [5.41, 5.74) is 1.19. The highest BCUT2D eigenvalue weighted by atomic mass is 35.5. The van der Waals surface area contributed by atoms with Crippen LogP contribution < -0.4 is 10.0 Å². The van der Waals surface area contributed by atoms with Gasteiger partial charge in [-0.2, -0.15) is 0 Å². The third-order valence-electron chi connectivity index (χ3n) is 3.21. The zero-order valence-corrected chi connectivity index (χ0v) is 15.0. The molecule has 0 aromatic heterocycles. The van der Waals surface area contributed by atoms with Crippen LogP contribution in [0.15, 0.2) is 53.4 Å². The van der Waals surface area contributed by atoms with Crippen LogP contribution in [0.3, 0.4) is 0 Å². The Morgan fingerprint density at radius 2 is 1.71 bits per heavy atom. The number of benzene rings is 2. The van der Waals surface area contributed by atoms with Gasteiger partial charge in [0.05, 0.1) is 4.90 Å². The van der Waals surface area contributed by atoms with Gasteiger partial charge in [-0.3, -0.25) is 4.79 Å². The summed E-state index contributed by atoms with van der Waals surface area (Å²) >= 11 is 6.04. The lowest BCUT2D eigenvalue weighted by Crippen LogP contribution is -2.30. The van der Waals surface area contributed by atoms with E-state index in [0.717, 1.165) is 5.56 Å². The molecule has 2 aromatic rings. The summed E-state index contributed by atoms with van der Waals surface area (Å²) in [5.74, 6) is -0.296. The van der Waals surface area contributed by atoms with Gasteiger partial charge in [-0.05, 0) is 49.7 Å². The highest BCUT2D eigenvalue weighted by molar-refractivity contribution is 7.89. The molecule has 2 rings (SSSR count). The fourth-order valence-corrected chi connectivity index (χ4v) is 3.54. The van der Waals surface area contributed by atoms with Crippen molar-refractivity contribution in [3.8, 4) is 0 Å². The Bertz CT molecular complexity index is 818. The average Bonchev–Trinajstić information content (AvgIpc) is 2.53. The molecule has 0 saturated heterocycles. The Morgan fingerprint density at radius 3 is 2.29 bits per heavy atom. The lowest BCUT2D eigenvalue weighted by molar-refractivity contribution is 0.0951. The Labute approximate surface area is 147 Å². The van der Waals surface area contributed by atoms with Crippen molar-refractivity contribution < 1.29 is 13.2 Å². The van der Waals surface area contributed by atoms with Gasteiger partial charge in [-0.25, -0.2) is 13.1 Å². The summed E-state index contributed by atoms with van der Waals surface area (Å²) in [5, 5.41) is 3.34. The maximum absolute atomic E-state index is 12.1. The van der Waals surface area contributed by atoms with Gasteiger partial charge in [-0.15, -0.1) is 0 Å². The molecule has 0 atom stereocenters. The number of nitrogens with one attached hydrogen (secondary N) is 2. The van der Waals surface area contributed by atoms with Crippen molar-refractivity contribution in [2.75, 3.05) is 0 Å². The van der Waals surface area contributed by atoms with Gasteiger partial charge in [0.25, 0.3) is 5.91 Å². The number of carbonyl (C=O) groups is 1. The first kappa shape index (κ1) is 18.4. The van der Waals surface area contributed by atoms with E-state index in [1.807, 2.05) is 18.2 Å². The van der Waals surface area contributed by atoms with Crippen LogP contribution >= 0.6 is 11.6 Å². The first-order valence-corrected chi connectivity index (χ1v) is 9.30. The van der Waals surface area contributed by atoms with Gasteiger partial charge in [-0.1, -0.05) is 29.8 Å². The number of sulfonamides is 1. The van der Waals surface area contributed by atoms with Crippen molar-refractivity contribution in [1.82, 2.24) is 10.0 Å². The molecular formula is C17H19ClN2O3S. The summed E-state index contributed by atoms with van der Waals surface area (Å²) in [6.07, 6.45) is 0. The van der Waals surface area contributed by atoms with E-state index < -0.39 is 10.0 Å². The molecule has 7 heteroatoms. The number of carbonyl (C=O) groups excluding carboxylic acids is 1. The van der Waals surface area contributed by atoms with E-state index in [-0.39, 0.29) is 16.8 Å². The molecule has 0 radical (unpaired) electrons. The monoisotopic (exact) mass is 366 g/mol. The van der Waals surface area contributed by atoms with Crippen molar-refractivity contribution in [2.45, 2.75) is 31.3 Å². The minimum atomic E-state index is -3.56. The van der Waals surface area contributed by atoms with Gasteiger partial charge in [0.2, 0.25) is 10.0 Å². The highest BCUT2D eigenvalue weighted by Gasteiger charge is 2.16. The topological polar surface area (TPSA) is 75.3 Å². The standard InChI is InChI=1S/C17H19ClN2O3S/c1-12(2)20-24(22,23)15-9-7-13(8-10-15)17(21)19-11-14-5-3-4-6-16(14)18/h3-10,12,20H,11H2,1-2H3,(H,19,21). The maximum atomic E-state index is 12.1. The second-order valence-corrected chi connectivity index (χ2v) is 7.70. The van der Waals surface area contributed by atoms with Crippen molar-refractivity contribution in [3.63, 3.8) is 0 Å². The molecule has 0 spiro atoms. The molecule has 0 aliphatic rings. The summed E-state index contributed by atoms with van der Waals surface area (Å²) in [6, 6.07) is 12.8. The average molecular weight is 367 g/mol. The summed E-state index contributed by atoms with van der Waals surface area (Å²) in [4.78, 5) is 12.3. The summed E-state index contributed by atoms with van der Waals surface area (Å²) < 4.78 is 26.6. The van der Waals surface area contributed by atoms with E-state index in [1.165, 1.54) is 24.3 Å². The van der Waals surface area contributed by atoms with E-state index in [0.29, 0.717) is 17.1 Å². The highest BCUT2D eigenvalue weighted by Crippen LogP contribution is 2.15. The molecular weight excluding hydrogens is 348 g/mol. The van der Waals surface area contributed by atoms with Gasteiger partial charge in [0.1, 0.15) is 0 Å². The van der Waals surface area contributed by atoms with E-state index in [4.69, 9.17) is 11.6 Å². The second-order valence-electron chi connectivity index (χ2n) is 5.57. The Kier molecular flexibility index (Phi) is 5.99. The molecule has 0 saturated carbocycles. The molecule has 0 bridgehead atoms. The Balaban J connectivity index is 2.05. The number of rotatable bonds is 6. The molecule has 0 unspecified atom stereocenters. The minimum Gasteiger partial charge on any atom is -0.348 e. The zero-order valence-electron chi connectivity index (χ0n) is 13.4. The second kappa shape index (κ2) is 7.79. The predicted molar refractivity (Wildman–Crippen MR) is 94.5 cm³/mol. The quantitative estimate of drug-likeness (QED) is 0.825. The normalized spacial score (nSPS) is 11.5. The van der Waals surface area contributed by atoms with Crippen LogP contribution in [0.25, 0.3) is 0 Å². The van der Waals surface area contributed by atoms with Crippen LogP contribution in [0.2, 0.25) is 5.02 Å². The molecule has 2 aromatic carbocycles. The third kappa shape index (κ3) is 4.80. The molecule has 0 aliphatic heterocycles. The Hall–Kier alpha value is -1.89. The molecule has 0 aliphatic carbocycles. The van der Waals surface area contributed by atoms with Crippen LogP contribution in [0.1, 0.15) is 29.8 Å².